The van der Waals surface area contributed by atoms with E-state index in [0.717, 1.165) is 71.0 Å². The van der Waals surface area contributed by atoms with E-state index in [2.05, 4.69) is 67.5 Å². The Bertz CT molecular complexity index is 1140. The molecule has 6 fully saturated rings. The summed E-state index contributed by atoms with van der Waals surface area (Å²) in [7, 11) is 0. The Morgan fingerprint density at radius 3 is 1.38 bits per heavy atom. The van der Waals surface area contributed by atoms with Crippen molar-refractivity contribution in [2.75, 3.05) is 0 Å². The van der Waals surface area contributed by atoms with Gasteiger partial charge in [-0.2, -0.15) is 0 Å². The molecule has 16 atom stereocenters. The molecular formula is C48H80. The van der Waals surface area contributed by atoms with E-state index in [9.17, 15) is 0 Å². The molecule has 0 amide bonds. The van der Waals surface area contributed by atoms with E-state index in [0.29, 0.717) is 21.7 Å². The van der Waals surface area contributed by atoms with Gasteiger partial charge in [-0.25, -0.2) is 0 Å². The SMILES string of the molecule is C.CC[C@H]1CCC2(C)C(=CC[C@@H]3C2CCC2(C)C3CCC2[C@H](C)C[C@@H](C)C2CCC3[C@@H]4CC=C5C[C@@H](CC)CCC5(C)C4CCC32C)C1. The third-order valence-electron chi connectivity index (χ3n) is 19.8. The number of hydrogen-bond donors (Lipinski definition) is 0. The Morgan fingerprint density at radius 2 is 0.979 bits per heavy atom. The highest BCUT2D eigenvalue weighted by molar-refractivity contribution is 5.26. The summed E-state index contributed by atoms with van der Waals surface area (Å²) < 4.78 is 0. The van der Waals surface area contributed by atoms with Crippen molar-refractivity contribution in [3.8, 4) is 0 Å². The molecule has 0 heterocycles. The number of fused-ring (bicyclic) bond motifs is 10. The monoisotopic (exact) mass is 657 g/mol. The topological polar surface area (TPSA) is 0 Å². The summed E-state index contributed by atoms with van der Waals surface area (Å²) in [5, 5.41) is 0. The van der Waals surface area contributed by atoms with Crippen LogP contribution in [-0.4, -0.2) is 0 Å². The van der Waals surface area contributed by atoms with E-state index in [1.54, 1.807) is 0 Å². The van der Waals surface area contributed by atoms with Crippen LogP contribution in [0.3, 0.4) is 0 Å². The van der Waals surface area contributed by atoms with E-state index >= 15 is 0 Å². The van der Waals surface area contributed by atoms with Gasteiger partial charge in [-0.05, 0) is 202 Å². The van der Waals surface area contributed by atoms with Crippen molar-refractivity contribution >= 4 is 0 Å². The van der Waals surface area contributed by atoms with Gasteiger partial charge in [-0.3, -0.25) is 0 Å². The summed E-state index contributed by atoms with van der Waals surface area (Å²) >= 11 is 0. The normalized spacial score (nSPS) is 52.2. The lowest BCUT2D eigenvalue weighted by Gasteiger charge is -2.59. The van der Waals surface area contributed by atoms with Gasteiger partial charge in [-0.1, -0.05) is 99.0 Å². The highest BCUT2D eigenvalue weighted by atomic mass is 14.7. The molecule has 0 saturated heterocycles. The van der Waals surface area contributed by atoms with Crippen molar-refractivity contribution in [2.45, 2.75) is 185 Å². The maximum atomic E-state index is 2.82. The Morgan fingerprint density at radius 1 is 0.562 bits per heavy atom. The molecule has 8 aliphatic carbocycles. The molecule has 8 aliphatic rings. The average molecular weight is 657 g/mol. The zero-order valence-corrected chi connectivity index (χ0v) is 32.5. The summed E-state index contributed by atoms with van der Waals surface area (Å²) in [6, 6.07) is 0. The Balaban J connectivity index is 0.00000364. The zero-order valence-electron chi connectivity index (χ0n) is 32.5. The largest absolute Gasteiger partial charge is 0.0845 e. The summed E-state index contributed by atoms with van der Waals surface area (Å²) in [5.74, 6) is 11.5. The molecule has 0 heteroatoms. The van der Waals surface area contributed by atoms with Crippen LogP contribution in [0.15, 0.2) is 23.3 Å². The number of hydrogen-bond acceptors (Lipinski definition) is 0. The van der Waals surface area contributed by atoms with Gasteiger partial charge in [0.15, 0.2) is 0 Å². The maximum Gasteiger partial charge on any atom is -0.00851 e. The van der Waals surface area contributed by atoms with Gasteiger partial charge in [0, 0.05) is 0 Å². The van der Waals surface area contributed by atoms with E-state index in [1.165, 1.54) is 122 Å². The standard InChI is InChI=1S/C47H76.CH4/c1-9-32-19-23-44(5)34(28-32)11-13-36-40-17-15-38(46(40,7)25-21-42(36)44)30(3)27-31(4)39-16-18-41-37-14-12-35-29-33(10-2)20-24-45(35,6)43(37)22-26-47(39,41)8;/h11-12,30-33,36-43H,9-10,13-29H2,1-8H3;1H4/t30-,31-,32+,33+,36+,37+,38?,39?,40?,41?,42?,43?,44?,45?,46?,47?;/m1./s1. The van der Waals surface area contributed by atoms with Crippen molar-refractivity contribution in [1.82, 2.24) is 0 Å². The van der Waals surface area contributed by atoms with Crippen molar-refractivity contribution in [3.63, 3.8) is 0 Å². The fourth-order valence-corrected chi connectivity index (χ4v) is 17.0. The van der Waals surface area contributed by atoms with Crippen molar-refractivity contribution in [3.05, 3.63) is 23.3 Å². The molecular weight excluding hydrogens is 577 g/mol. The predicted molar refractivity (Wildman–Crippen MR) is 208 cm³/mol. The molecule has 272 valence electrons. The maximum absolute atomic E-state index is 2.82. The van der Waals surface area contributed by atoms with Crippen LogP contribution in [0.1, 0.15) is 185 Å². The molecule has 0 spiro atoms. The van der Waals surface area contributed by atoms with E-state index < -0.39 is 0 Å². The first-order valence-corrected chi connectivity index (χ1v) is 21.8. The highest BCUT2D eigenvalue weighted by Gasteiger charge is 2.61. The second-order valence-corrected chi connectivity index (χ2v) is 21.2. The first-order valence-electron chi connectivity index (χ1n) is 21.8. The van der Waals surface area contributed by atoms with E-state index in [4.69, 9.17) is 0 Å². The Labute approximate surface area is 299 Å². The van der Waals surface area contributed by atoms with Crippen LogP contribution in [-0.2, 0) is 0 Å². The quantitative estimate of drug-likeness (QED) is 0.250. The molecule has 48 heavy (non-hydrogen) atoms. The molecule has 0 N–H and O–H groups in total. The minimum Gasteiger partial charge on any atom is -0.0845 e. The van der Waals surface area contributed by atoms with Gasteiger partial charge in [0.05, 0.1) is 0 Å². The van der Waals surface area contributed by atoms with Crippen molar-refractivity contribution in [1.29, 1.82) is 0 Å². The number of rotatable bonds is 6. The lowest BCUT2D eigenvalue weighted by molar-refractivity contribution is -0.0619. The smallest absolute Gasteiger partial charge is 0.00851 e. The Kier molecular flexibility index (Phi) is 9.60. The zero-order chi connectivity index (χ0) is 32.9. The second-order valence-electron chi connectivity index (χ2n) is 21.2. The van der Waals surface area contributed by atoms with Crippen LogP contribution in [0.25, 0.3) is 0 Å². The van der Waals surface area contributed by atoms with Crippen molar-refractivity contribution < 1.29 is 0 Å². The first-order chi connectivity index (χ1) is 22.5. The van der Waals surface area contributed by atoms with E-state index in [-0.39, 0.29) is 7.43 Å². The molecule has 8 rings (SSSR count). The molecule has 0 aromatic carbocycles. The second kappa shape index (κ2) is 12.9. The molecule has 0 aliphatic heterocycles. The minimum atomic E-state index is 0. The van der Waals surface area contributed by atoms with Gasteiger partial charge in [0.25, 0.3) is 0 Å². The fraction of sp³-hybridized carbons (Fsp3) is 0.917. The van der Waals surface area contributed by atoms with Crippen LogP contribution in [0.2, 0.25) is 0 Å². The molecule has 0 radical (unpaired) electrons. The highest BCUT2D eigenvalue weighted by Crippen LogP contribution is 2.70. The molecule has 0 bridgehead atoms. The van der Waals surface area contributed by atoms with Crippen LogP contribution in [0, 0.1) is 92.7 Å². The minimum absolute atomic E-state index is 0. The predicted octanol–water partition coefficient (Wildman–Crippen LogP) is 14.5. The molecule has 6 saturated carbocycles. The average Bonchev–Trinajstić information content (AvgIpc) is 3.61. The summed E-state index contributed by atoms with van der Waals surface area (Å²) in [5.41, 5.74) is 6.06. The molecule has 10 unspecified atom stereocenters. The van der Waals surface area contributed by atoms with Crippen LogP contribution >= 0.6 is 0 Å². The fourth-order valence-electron chi connectivity index (χ4n) is 17.0. The van der Waals surface area contributed by atoms with E-state index in [1.807, 2.05) is 11.1 Å². The van der Waals surface area contributed by atoms with Gasteiger partial charge < -0.3 is 0 Å². The van der Waals surface area contributed by atoms with Crippen LogP contribution in [0.4, 0.5) is 0 Å². The lowest BCUT2D eigenvalue weighted by atomic mass is 9.46. The van der Waals surface area contributed by atoms with Gasteiger partial charge >= 0.3 is 0 Å². The van der Waals surface area contributed by atoms with Gasteiger partial charge in [-0.15, -0.1) is 0 Å². The third kappa shape index (κ3) is 5.21. The summed E-state index contributed by atoms with van der Waals surface area (Å²) in [6.45, 7) is 21.4. The van der Waals surface area contributed by atoms with Crippen molar-refractivity contribution in [2.24, 2.45) is 92.7 Å². The lowest BCUT2D eigenvalue weighted by Crippen LogP contribution is -2.51. The van der Waals surface area contributed by atoms with Crippen LogP contribution < -0.4 is 0 Å². The van der Waals surface area contributed by atoms with Crippen LogP contribution in [0.5, 0.6) is 0 Å². The molecule has 0 nitrogen and oxygen atoms in total. The Hall–Kier alpha value is -0.520. The first kappa shape index (κ1) is 35.9. The third-order valence-corrected chi connectivity index (χ3v) is 19.8. The van der Waals surface area contributed by atoms with Gasteiger partial charge in [0.2, 0.25) is 0 Å². The summed E-state index contributed by atoms with van der Waals surface area (Å²) in [6.07, 6.45) is 33.8. The molecule has 0 aromatic heterocycles. The number of allylic oxidation sites excluding steroid dienone is 4. The summed E-state index contributed by atoms with van der Waals surface area (Å²) in [4.78, 5) is 0. The van der Waals surface area contributed by atoms with Gasteiger partial charge in [0.1, 0.15) is 0 Å². The molecule has 0 aromatic rings.